The van der Waals surface area contributed by atoms with Gasteiger partial charge in [0.2, 0.25) is 0 Å². The first kappa shape index (κ1) is 16.6. The predicted molar refractivity (Wildman–Crippen MR) is 90.2 cm³/mol. The van der Waals surface area contributed by atoms with Gasteiger partial charge in [-0.05, 0) is 43.3 Å². The van der Waals surface area contributed by atoms with E-state index in [1.54, 1.807) is 66.6 Å². The van der Waals surface area contributed by atoms with Gasteiger partial charge in [0.15, 0.2) is 11.6 Å². The van der Waals surface area contributed by atoms with E-state index in [2.05, 4.69) is 15.5 Å². The van der Waals surface area contributed by atoms with Crippen molar-refractivity contribution in [1.29, 1.82) is 0 Å². The maximum absolute atomic E-state index is 13.5. The number of nitrogens with one attached hydrogen (secondary N) is 1. The van der Waals surface area contributed by atoms with Crippen LogP contribution in [-0.2, 0) is 0 Å². The second-order valence-corrected chi connectivity index (χ2v) is 5.53. The van der Waals surface area contributed by atoms with Gasteiger partial charge in [-0.3, -0.25) is 9.36 Å². The van der Waals surface area contributed by atoms with Crippen LogP contribution in [0, 0.1) is 5.82 Å². The van der Waals surface area contributed by atoms with Crippen molar-refractivity contribution >= 4 is 5.91 Å². The highest BCUT2D eigenvalue weighted by Crippen LogP contribution is 2.15. The lowest BCUT2D eigenvalue weighted by atomic mass is 10.2. The SMILES string of the molecule is C[C@@H](COc1ccccc1F)NC(=O)c1ccc(-n2cnnc2)cc1. The van der Waals surface area contributed by atoms with Gasteiger partial charge in [0.1, 0.15) is 19.3 Å². The summed E-state index contributed by atoms with van der Waals surface area (Å²) in [6, 6.07) is 12.9. The van der Waals surface area contributed by atoms with E-state index in [1.165, 1.54) is 6.07 Å². The van der Waals surface area contributed by atoms with Crippen LogP contribution >= 0.6 is 0 Å². The third-order valence-corrected chi connectivity index (χ3v) is 3.55. The molecule has 0 saturated heterocycles. The quantitative estimate of drug-likeness (QED) is 0.749. The molecule has 3 rings (SSSR count). The Balaban J connectivity index is 1.55. The lowest BCUT2D eigenvalue weighted by molar-refractivity contribution is 0.0926. The zero-order chi connectivity index (χ0) is 17.6. The van der Waals surface area contributed by atoms with Crippen LogP contribution in [0.25, 0.3) is 5.69 Å². The van der Waals surface area contributed by atoms with Crippen molar-refractivity contribution in [2.45, 2.75) is 13.0 Å². The maximum atomic E-state index is 13.5. The number of rotatable bonds is 6. The second-order valence-electron chi connectivity index (χ2n) is 5.53. The van der Waals surface area contributed by atoms with Crippen LogP contribution in [0.4, 0.5) is 4.39 Å². The van der Waals surface area contributed by atoms with Gasteiger partial charge in [0, 0.05) is 11.3 Å². The zero-order valence-corrected chi connectivity index (χ0v) is 13.6. The molecule has 0 aliphatic carbocycles. The third kappa shape index (κ3) is 4.20. The highest BCUT2D eigenvalue weighted by molar-refractivity contribution is 5.94. The summed E-state index contributed by atoms with van der Waals surface area (Å²) in [6.07, 6.45) is 3.16. The number of amides is 1. The fourth-order valence-electron chi connectivity index (χ4n) is 2.24. The standard InChI is InChI=1S/C18H17FN4O2/c1-13(10-25-17-5-3-2-4-16(17)19)22-18(24)14-6-8-15(9-7-14)23-11-20-21-12-23/h2-9,11-13H,10H2,1H3,(H,22,24)/t13-/m0/s1. The lowest BCUT2D eigenvalue weighted by Gasteiger charge is -2.15. The molecule has 0 fully saturated rings. The van der Waals surface area contributed by atoms with Crippen molar-refractivity contribution < 1.29 is 13.9 Å². The molecule has 0 radical (unpaired) electrons. The highest BCUT2D eigenvalue weighted by atomic mass is 19.1. The largest absolute Gasteiger partial charge is 0.488 e. The van der Waals surface area contributed by atoms with E-state index in [-0.39, 0.29) is 24.3 Å². The maximum Gasteiger partial charge on any atom is 0.251 e. The van der Waals surface area contributed by atoms with Gasteiger partial charge in [-0.25, -0.2) is 4.39 Å². The summed E-state index contributed by atoms with van der Waals surface area (Å²) in [6.45, 7) is 1.97. The molecule has 7 heteroatoms. The van der Waals surface area contributed by atoms with Crippen molar-refractivity contribution in [2.24, 2.45) is 0 Å². The fourth-order valence-corrected chi connectivity index (χ4v) is 2.24. The topological polar surface area (TPSA) is 69.0 Å². The van der Waals surface area contributed by atoms with Crippen molar-refractivity contribution in [3.63, 3.8) is 0 Å². The third-order valence-electron chi connectivity index (χ3n) is 3.55. The minimum atomic E-state index is -0.425. The Morgan fingerprint density at radius 2 is 1.84 bits per heavy atom. The van der Waals surface area contributed by atoms with Crippen LogP contribution in [0.5, 0.6) is 5.75 Å². The van der Waals surface area contributed by atoms with Crippen LogP contribution in [0.3, 0.4) is 0 Å². The number of hydrogen-bond acceptors (Lipinski definition) is 4. The lowest BCUT2D eigenvalue weighted by Crippen LogP contribution is -2.36. The minimum absolute atomic E-state index is 0.168. The number of benzene rings is 2. The molecule has 1 atom stereocenters. The number of aromatic nitrogens is 3. The van der Waals surface area contributed by atoms with Crippen molar-refractivity contribution in [2.75, 3.05) is 6.61 Å². The van der Waals surface area contributed by atoms with Crippen LogP contribution < -0.4 is 10.1 Å². The number of para-hydroxylation sites is 1. The minimum Gasteiger partial charge on any atom is -0.488 e. The summed E-state index contributed by atoms with van der Waals surface area (Å²) < 4.78 is 20.6. The van der Waals surface area contributed by atoms with Gasteiger partial charge in [0.25, 0.3) is 5.91 Å². The Labute approximate surface area is 144 Å². The van der Waals surface area contributed by atoms with E-state index in [0.29, 0.717) is 5.56 Å². The van der Waals surface area contributed by atoms with Gasteiger partial charge in [-0.15, -0.1) is 10.2 Å². The Morgan fingerprint density at radius 3 is 2.52 bits per heavy atom. The summed E-state index contributed by atoms with van der Waals surface area (Å²) in [7, 11) is 0. The molecule has 1 N–H and O–H groups in total. The van der Waals surface area contributed by atoms with Gasteiger partial charge in [-0.1, -0.05) is 12.1 Å². The summed E-state index contributed by atoms with van der Waals surface area (Å²) in [5.41, 5.74) is 1.38. The van der Waals surface area contributed by atoms with E-state index < -0.39 is 5.82 Å². The highest BCUT2D eigenvalue weighted by Gasteiger charge is 2.11. The van der Waals surface area contributed by atoms with Gasteiger partial charge in [-0.2, -0.15) is 0 Å². The van der Waals surface area contributed by atoms with Crippen LogP contribution in [-0.4, -0.2) is 33.3 Å². The van der Waals surface area contributed by atoms with Gasteiger partial charge in [0.05, 0.1) is 6.04 Å². The van der Waals surface area contributed by atoms with Crippen molar-refractivity contribution in [3.05, 3.63) is 72.6 Å². The molecule has 0 aliphatic rings. The average molecular weight is 340 g/mol. The summed E-state index contributed by atoms with van der Waals surface area (Å²) in [5.74, 6) is -0.479. The molecule has 0 unspecified atom stereocenters. The number of carbonyl (C=O) groups excluding carboxylic acids is 1. The first-order chi connectivity index (χ1) is 12.1. The predicted octanol–water partition coefficient (Wildman–Crippen LogP) is 2.60. The van der Waals surface area contributed by atoms with Gasteiger partial charge < -0.3 is 10.1 Å². The monoisotopic (exact) mass is 340 g/mol. The number of halogens is 1. The smallest absolute Gasteiger partial charge is 0.251 e. The van der Waals surface area contributed by atoms with E-state index in [9.17, 15) is 9.18 Å². The normalized spacial score (nSPS) is 11.8. The summed E-state index contributed by atoms with van der Waals surface area (Å²) in [4.78, 5) is 12.3. The summed E-state index contributed by atoms with van der Waals surface area (Å²) in [5, 5.41) is 10.3. The number of ether oxygens (including phenoxy) is 1. The molecule has 0 saturated carbocycles. The molecular formula is C18H17FN4O2. The van der Waals surface area contributed by atoms with E-state index in [4.69, 9.17) is 4.74 Å². The molecule has 1 amide bonds. The van der Waals surface area contributed by atoms with Crippen molar-refractivity contribution in [3.8, 4) is 11.4 Å². The zero-order valence-electron chi connectivity index (χ0n) is 13.6. The molecular weight excluding hydrogens is 323 g/mol. The molecule has 6 nitrogen and oxygen atoms in total. The first-order valence-electron chi connectivity index (χ1n) is 7.77. The number of hydrogen-bond donors (Lipinski definition) is 1. The molecule has 25 heavy (non-hydrogen) atoms. The van der Waals surface area contributed by atoms with Crippen molar-refractivity contribution in [1.82, 2.24) is 20.1 Å². The Kier molecular flexibility index (Phi) is 5.03. The van der Waals surface area contributed by atoms with E-state index in [0.717, 1.165) is 5.69 Å². The first-order valence-corrected chi connectivity index (χ1v) is 7.77. The fraction of sp³-hybridized carbons (Fsp3) is 0.167. The average Bonchev–Trinajstić information content (AvgIpc) is 3.16. The molecule has 3 aromatic rings. The van der Waals surface area contributed by atoms with E-state index >= 15 is 0 Å². The Bertz CT molecular complexity index is 835. The van der Waals surface area contributed by atoms with E-state index in [1.807, 2.05) is 0 Å². The Morgan fingerprint density at radius 1 is 1.16 bits per heavy atom. The van der Waals surface area contributed by atoms with Crippen LogP contribution in [0.2, 0.25) is 0 Å². The molecule has 0 aliphatic heterocycles. The molecule has 2 aromatic carbocycles. The molecule has 0 bridgehead atoms. The van der Waals surface area contributed by atoms with Crippen LogP contribution in [0.15, 0.2) is 61.2 Å². The number of carbonyl (C=O) groups is 1. The second kappa shape index (κ2) is 7.57. The summed E-state index contributed by atoms with van der Waals surface area (Å²) >= 11 is 0. The molecule has 0 spiro atoms. The molecule has 1 aromatic heterocycles. The molecule has 1 heterocycles. The number of nitrogens with zero attached hydrogens (tertiary/aromatic N) is 3. The molecule has 128 valence electrons. The van der Waals surface area contributed by atoms with Crippen LogP contribution in [0.1, 0.15) is 17.3 Å². The van der Waals surface area contributed by atoms with Gasteiger partial charge >= 0.3 is 0 Å². The Hall–Kier alpha value is -3.22.